The maximum atomic E-state index is 3.66. The van der Waals surface area contributed by atoms with Crippen molar-refractivity contribution in [1.29, 1.82) is 0 Å². The topological polar surface area (TPSA) is 0 Å². The largest absolute Gasteiger partial charge is 0.103 e. The Morgan fingerprint density at radius 1 is 1.56 bits per heavy atom. The predicted octanol–water partition coefficient (Wildman–Crippen LogP) is 3.19. The molecule has 0 rings (SSSR count). The average Bonchev–Trinajstić information content (AvgIpc) is 1.83. The van der Waals surface area contributed by atoms with Gasteiger partial charge in [0.15, 0.2) is 0 Å². The van der Waals surface area contributed by atoms with Gasteiger partial charge in [-0.05, 0) is 12.8 Å². The first-order valence-corrected chi connectivity index (χ1v) is 5.39. The third-order valence-corrected chi connectivity index (χ3v) is 4.66. The Hall–Kier alpha value is 1.89. The van der Waals surface area contributed by atoms with Crippen LogP contribution >= 0.6 is 45.2 Å². The minimum absolute atomic E-state index is 0. The van der Waals surface area contributed by atoms with Crippen LogP contribution in [0.4, 0.5) is 0 Å². The predicted molar refractivity (Wildman–Crippen MR) is 56.1 cm³/mol. The maximum absolute atomic E-state index is 3.66. The molecule has 0 aromatic rings. The van der Waals surface area contributed by atoms with Gasteiger partial charge < -0.3 is 0 Å². The summed E-state index contributed by atoms with van der Waals surface area (Å²) in [6.07, 6.45) is 4.43. The van der Waals surface area contributed by atoms with Gasteiger partial charge in [-0.3, -0.25) is 0 Å². The fourth-order valence-corrected chi connectivity index (χ4v) is 1.18. The minimum atomic E-state index is 0. The number of hydrogen-bond donors (Lipinski definition) is 0. The molecule has 0 saturated heterocycles. The molecule has 1 atom stereocenters. The Kier molecular flexibility index (Phi) is 14.8. The van der Waals surface area contributed by atoms with Crippen LogP contribution in [0.3, 0.4) is 0 Å². The van der Waals surface area contributed by atoms with Crippen LogP contribution in [0, 0.1) is 0 Å². The van der Waals surface area contributed by atoms with Gasteiger partial charge in [0.05, 0.1) is 0 Å². The molecule has 0 spiro atoms. The van der Waals surface area contributed by atoms with Crippen LogP contribution in [0.1, 0.15) is 12.8 Å². The normalized spacial score (nSPS) is 11.8. The second-order valence-corrected chi connectivity index (χ2v) is 4.26. The summed E-state index contributed by atoms with van der Waals surface area (Å²) in [5.74, 6) is 0. The van der Waals surface area contributed by atoms with E-state index < -0.39 is 0 Å². The third kappa shape index (κ3) is 9.89. The molecule has 0 saturated carbocycles. The zero-order valence-corrected chi connectivity index (χ0v) is 11.6. The molecule has 9 heavy (non-hydrogen) atoms. The standard InChI is InChI=1S/C6H10I2.Pt/c1-2-3-4-6(8)5-7;/h2,6H,1,3-5H2;. The van der Waals surface area contributed by atoms with Crippen molar-refractivity contribution in [3.05, 3.63) is 12.7 Å². The average molecular weight is 531 g/mol. The second-order valence-electron chi connectivity index (χ2n) is 1.62. The summed E-state index contributed by atoms with van der Waals surface area (Å²) in [5, 5.41) is 0. The van der Waals surface area contributed by atoms with E-state index in [2.05, 4.69) is 51.8 Å². The van der Waals surface area contributed by atoms with Crippen LogP contribution in [-0.2, 0) is 21.1 Å². The van der Waals surface area contributed by atoms with Crippen molar-refractivity contribution >= 4 is 45.2 Å². The monoisotopic (exact) mass is 531 g/mol. The molecule has 0 radical (unpaired) electrons. The third-order valence-electron chi connectivity index (χ3n) is 0.851. The molecular formula is C6H10I2Pt. The molecule has 0 heterocycles. The van der Waals surface area contributed by atoms with Crippen LogP contribution in [0.15, 0.2) is 12.7 Å². The quantitative estimate of drug-likeness (QED) is 0.298. The summed E-state index contributed by atoms with van der Waals surface area (Å²) >= 11 is 4.88. The summed E-state index contributed by atoms with van der Waals surface area (Å²) in [6.45, 7) is 3.66. The molecule has 0 nitrogen and oxygen atoms in total. The van der Waals surface area contributed by atoms with E-state index in [9.17, 15) is 0 Å². The van der Waals surface area contributed by atoms with E-state index in [0.29, 0.717) is 0 Å². The van der Waals surface area contributed by atoms with Gasteiger partial charge in [0, 0.05) is 29.4 Å². The van der Waals surface area contributed by atoms with Crippen molar-refractivity contribution in [2.75, 3.05) is 4.43 Å². The van der Waals surface area contributed by atoms with Crippen LogP contribution in [-0.4, -0.2) is 8.35 Å². The van der Waals surface area contributed by atoms with E-state index in [0.717, 1.165) is 10.3 Å². The molecule has 58 valence electrons. The van der Waals surface area contributed by atoms with Crippen molar-refractivity contribution in [1.82, 2.24) is 0 Å². The summed E-state index contributed by atoms with van der Waals surface area (Å²) in [7, 11) is 0. The molecule has 0 aromatic carbocycles. The minimum Gasteiger partial charge on any atom is -0.103 e. The van der Waals surface area contributed by atoms with E-state index in [4.69, 9.17) is 0 Å². The molecule has 1 unspecified atom stereocenters. The van der Waals surface area contributed by atoms with Gasteiger partial charge in [-0.25, -0.2) is 0 Å². The van der Waals surface area contributed by atoms with Crippen molar-refractivity contribution in [2.45, 2.75) is 16.8 Å². The molecule has 0 aliphatic carbocycles. The number of rotatable bonds is 4. The zero-order valence-electron chi connectivity index (χ0n) is 5.06. The fourth-order valence-electron chi connectivity index (χ4n) is 0.376. The molecule has 0 fully saturated rings. The van der Waals surface area contributed by atoms with Crippen LogP contribution in [0.5, 0.6) is 0 Å². The Bertz CT molecular complexity index is 66.1. The summed E-state index contributed by atoms with van der Waals surface area (Å²) < 4.78 is 2.10. The molecule has 0 bridgehead atoms. The number of hydrogen-bond acceptors (Lipinski definition) is 0. The molecular weight excluding hydrogens is 521 g/mol. The van der Waals surface area contributed by atoms with E-state index >= 15 is 0 Å². The molecule has 0 aliphatic rings. The Balaban J connectivity index is 0. The van der Waals surface area contributed by atoms with E-state index in [1.165, 1.54) is 10.8 Å². The molecule has 0 aliphatic heterocycles. The van der Waals surface area contributed by atoms with Crippen LogP contribution < -0.4 is 0 Å². The SMILES string of the molecule is C=CCCC(I)CI.[Pt]. The summed E-state index contributed by atoms with van der Waals surface area (Å²) in [6, 6.07) is 0. The van der Waals surface area contributed by atoms with Gasteiger partial charge in [0.2, 0.25) is 0 Å². The van der Waals surface area contributed by atoms with Crippen LogP contribution in [0.25, 0.3) is 0 Å². The molecule has 3 heteroatoms. The van der Waals surface area contributed by atoms with Gasteiger partial charge in [0.1, 0.15) is 0 Å². The molecule has 0 N–H and O–H groups in total. The van der Waals surface area contributed by atoms with Gasteiger partial charge >= 0.3 is 0 Å². The number of alkyl halides is 2. The van der Waals surface area contributed by atoms with Crippen LogP contribution in [0.2, 0.25) is 0 Å². The fraction of sp³-hybridized carbons (Fsp3) is 0.667. The first-order valence-electron chi connectivity index (χ1n) is 2.62. The van der Waals surface area contributed by atoms with E-state index in [1.807, 2.05) is 6.08 Å². The zero-order chi connectivity index (χ0) is 6.41. The summed E-state index contributed by atoms with van der Waals surface area (Å²) in [4.78, 5) is 0. The molecule has 0 amide bonds. The first-order chi connectivity index (χ1) is 3.81. The Morgan fingerprint density at radius 2 is 2.11 bits per heavy atom. The van der Waals surface area contributed by atoms with Crippen molar-refractivity contribution in [3.8, 4) is 0 Å². The van der Waals surface area contributed by atoms with Gasteiger partial charge in [-0.1, -0.05) is 51.3 Å². The van der Waals surface area contributed by atoms with Gasteiger partial charge in [-0.2, -0.15) is 0 Å². The van der Waals surface area contributed by atoms with Crippen molar-refractivity contribution in [3.63, 3.8) is 0 Å². The second kappa shape index (κ2) is 9.89. The Morgan fingerprint density at radius 3 is 2.44 bits per heavy atom. The van der Waals surface area contributed by atoms with Crippen molar-refractivity contribution < 1.29 is 21.1 Å². The van der Waals surface area contributed by atoms with Crippen molar-refractivity contribution in [2.24, 2.45) is 0 Å². The molecule has 0 aromatic heterocycles. The number of halogens is 2. The smallest absolute Gasteiger partial charge is 0.0202 e. The summed E-state index contributed by atoms with van der Waals surface area (Å²) in [5.41, 5.74) is 0. The number of allylic oxidation sites excluding steroid dienone is 1. The maximum Gasteiger partial charge on any atom is 0.0202 e. The van der Waals surface area contributed by atoms with Gasteiger partial charge in [-0.15, -0.1) is 6.58 Å². The van der Waals surface area contributed by atoms with E-state index in [-0.39, 0.29) is 21.1 Å². The van der Waals surface area contributed by atoms with Gasteiger partial charge in [0.25, 0.3) is 0 Å². The first kappa shape index (κ1) is 13.5. The van der Waals surface area contributed by atoms with E-state index in [1.54, 1.807) is 0 Å². The Labute approximate surface area is 98.8 Å².